The fraction of sp³-hybridized carbons (Fsp3) is 0.250. The summed E-state index contributed by atoms with van der Waals surface area (Å²) < 4.78 is 0. The molecule has 2 aromatic rings. The highest BCUT2D eigenvalue weighted by Gasteiger charge is 2.07. The number of thioether (sulfide) groups is 1. The topological polar surface area (TPSA) is 17.1 Å². The number of allylic oxidation sites excluding steroid dienone is 2. The summed E-state index contributed by atoms with van der Waals surface area (Å²) in [5.41, 5.74) is 2.99. The van der Waals surface area contributed by atoms with Crippen molar-refractivity contribution in [1.82, 2.24) is 0 Å². The molecule has 0 atom stereocenters. The molecule has 0 amide bonds. The molecule has 0 spiro atoms. The van der Waals surface area contributed by atoms with E-state index in [1.54, 1.807) is 6.08 Å². The molecule has 0 radical (unpaired) electrons. The van der Waals surface area contributed by atoms with Crippen molar-refractivity contribution in [1.29, 1.82) is 0 Å². The van der Waals surface area contributed by atoms with E-state index in [0.717, 1.165) is 28.9 Å². The molecule has 0 heterocycles. The van der Waals surface area contributed by atoms with Gasteiger partial charge in [0.2, 0.25) is 0 Å². The van der Waals surface area contributed by atoms with E-state index < -0.39 is 0 Å². The van der Waals surface area contributed by atoms with Gasteiger partial charge in [-0.05, 0) is 34.6 Å². The average Bonchev–Trinajstić information content (AvgIpc) is 2.55. The van der Waals surface area contributed by atoms with Crippen LogP contribution in [0.4, 0.5) is 0 Å². The van der Waals surface area contributed by atoms with Crippen LogP contribution < -0.4 is 0 Å². The first-order valence-corrected chi connectivity index (χ1v) is 8.68. The lowest BCUT2D eigenvalue weighted by atomic mass is 10.00. The number of hydrogen-bond donors (Lipinski definition) is 0. The molecule has 0 fully saturated rings. The molecule has 0 unspecified atom stereocenters. The van der Waals surface area contributed by atoms with Gasteiger partial charge in [0, 0.05) is 5.56 Å². The molecular formula is C20H22OS. The van der Waals surface area contributed by atoms with Crippen LogP contribution in [0.25, 0.3) is 5.57 Å². The molecule has 0 saturated heterocycles. The van der Waals surface area contributed by atoms with Gasteiger partial charge in [0.15, 0.2) is 5.78 Å². The van der Waals surface area contributed by atoms with Crippen molar-refractivity contribution in [2.45, 2.75) is 25.5 Å². The normalized spacial score (nSPS) is 11.7. The van der Waals surface area contributed by atoms with Gasteiger partial charge < -0.3 is 0 Å². The Morgan fingerprint density at radius 1 is 0.955 bits per heavy atom. The van der Waals surface area contributed by atoms with Crippen LogP contribution in [0.3, 0.4) is 0 Å². The third-order valence-electron chi connectivity index (χ3n) is 3.33. The molecule has 0 aliphatic rings. The maximum atomic E-state index is 12.4. The molecule has 0 saturated carbocycles. The highest BCUT2D eigenvalue weighted by molar-refractivity contribution is 7.99. The number of carbonyl (C=O) groups is 1. The molecule has 0 bridgehead atoms. The molecule has 0 aromatic heterocycles. The van der Waals surface area contributed by atoms with Crippen molar-refractivity contribution >= 4 is 23.1 Å². The molecule has 22 heavy (non-hydrogen) atoms. The molecule has 114 valence electrons. The van der Waals surface area contributed by atoms with Crippen LogP contribution in [0.5, 0.6) is 0 Å². The van der Waals surface area contributed by atoms with Crippen molar-refractivity contribution in [3.05, 3.63) is 77.9 Å². The minimum atomic E-state index is 0.0778. The summed E-state index contributed by atoms with van der Waals surface area (Å²) in [6.45, 7) is 4.40. The number of rotatable bonds is 7. The fourth-order valence-corrected chi connectivity index (χ4v) is 3.01. The third kappa shape index (κ3) is 5.19. The SMILES string of the molecule is CC(C)SCC/C(=C/C(=O)c1ccccc1)c1ccccc1. The second-order valence-electron chi connectivity index (χ2n) is 5.44. The smallest absolute Gasteiger partial charge is 0.186 e. The summed E-state index contributed by atoms with van der Waals surface area (Å²) in [5, 5.41) is 0.613. The summed E-state index contributed by atoms with van der Waals surface area (Å²) in [4.78, 5) is 12.4. The first-order chi connectivity index (χ1) is 10.7. The minimum Gasteiger partial charge on any atom is -0.289 e. The van der Waals surface area contributed by atoms with Crippen LogP contribution in [0.1, 0.15) is 36.2 Å². The summed E-state index contributed by atoms with van der Waals surface area (Å²) in [7, 11) is 0. The second kappa shape index (κ2) is 8.60. The zero-order chi connectivity index (χ0) is 15.8. The number of hydrogen-bond acceptors (Lipinski definition) is 2. The minimum absolute atomic E-state index is 0.0778. The zero-order valence-electron chi connectivity index (χ0n) is 13.2. The molecule has 0 aliphatic carbocycles. The van der Waals surface area contributed by atoms with Crippen molar-refractivity contribution in [3.8, 4) is 0 Å². The maximum absolute atomic E-state index is 12.4. The summed E-state index contributed by atoms with van der Waals surface area (Å²) in [6.07, 6.45) is 2.71. The van der Waals surface area contributed by atoms with E-state index in [1.807, 2.05) is 60.3 Å². The lowest BCUT2D eigenvalue weighted by molar-refractivity contribution is 0.104. The van der Waals surface area contributed by atoms with Crippen LogP contribution in [-0.4, -0.2) is 16.8 Å². The number of carbonyl (C=O) groups excluding carboxylic acids is 1. The van der Waals surface area contributed by atoms with Gasteiger partial charge in [-0.2, -0.15) is 11.8 Å². The quantitative estimate of drug-likeness (QED) is 0.497. The summed E-state index contributed by atoms with van der Waals surface area (Å²) >= 11 is 1.93. The zero-order valence-corrected chi connectivity index (χ0v) is 14.0. The lowest BCUT2D eigenvalue weighted by Crippen LogP contribution is -1.98. The van der Waals surface area contributed by atoms with Crippen molar-refractivity contribution in [2.24, 2.45) is 0 Å². The monoisotopic (exact) mass is 310 g/mol. The largest absolute Gasteiger partial charge is 0.289 e. The second-order valence-corrected chi connectivity index (χ2v) is 7.12. The van der Waals surface area contributed by atoms with Gasteiger partial charge in [0.1, 0.15) is 0 Å². The van der Waals surface area contributed by atoms with Gasteiger partial charge in [-0.1, -0.05) is 74.5 Å². The molecule has 2 aromatic carbocycles. The Kier molecular flexibility index (Phi) is 6.47. The van der Waals surface area contributed by atoms with Crippen LogP contribution in [-0.2, 0) is 0 Å². The van der Waals surface area contributed by atoms with Gasteiger partial charge >= 0.3 is 0 Å². The van der Waals surface area contributed by atoms with E-state index in [4.69, 9.17) is 0 Å². The van der Waals surface area contributed by atoms with Crippen molar-refractivity contribution in [2.75, 3.05) is 5.75 Å². The van der Waals surface area contributed by atoms with E-state index in [9.17, 15) is 4.79 Å². The molecule has 0 N–H and O–H groups in total. The van der Waals surface area contributed by atoms with Crippen LogP contribution in [0, 0.1) is 0 Å². The summed E-state index contributed by atoms with van der Waals surface area (Å²) in [6, 6.07) is 19.6. The van der Waals surface area contributed by atoms with E-state index in [2.05, 4.69) is 26.0 Å². The predicted molar refractivity (Wildman–Crippen MR) is 97.4 cm³/mol. The predicted octanol–water partition coefficient (Wildman–Crippen LogP) is 5.48. The van der Waals surface area contributed by atoms with Gasteiger partial charge in [-0.3, -0.25) is 4.79 Å². The van der Waals surface area contributed by atoms with Gasteiger partial charge in [-0.15, -0.1) is 0 Å². The highest BCUT2D eigenvalue weighted by Crippen LogP contribution is 2.23. The molecule has 2 heteroatoms. The maximum Gasteiger partial charge on any atom is 0.186 e. The Hall–Kier alpha value is -1.80. The van der Waals surface area contributed by atoms with Gasteiger partial charge in [0.05, 0.1) is 0 Å². The van der Waals surface area contributed by atoms with Crippen molar-refractivity contribution < 1.29 is 4.79 Å². The van der Waals surface area contributed by atoms with Gasteiger partial charge in [-0.25, -0.2) is 0 Å². The first-order valence-electron chi connectivity index (χ1n) is 7.64. The number of ketones is 1. The average molecular weight is 310 g/mol. The Morgan fingerprint density at radius 3 is 2.05 bits per heavy atom. The standard InChI is InChI=1S/C20H22OS/c1-16(2)22-14-13-19(17-9-5-3-6-10-17)15-20(21)18-11-7-4-8-12-18/h3-12,15-16H,13-14H2,1-2H3/b19-15-. The highest BCUT2D eigenvalue weighted by atomic mass is 32.2. The van der Waals surface area contributed by atoms with E-state index >= 15 is 0 Å². The van der Waals surface area contributed by atoms with Crippen LogP contribution >= 0.6 is 11.8 Å². The summed E-state index contributed by atoms with van der Waals surface area (Å²) in [5.74, 6) is 1.11. The van der Waals surface area contributed by atoms with Crippen LogP contribution in [0.2, 0.25) is 0 Å². The molecular weight excluding hydrogens is 288 g/mol. The third-order valence-corrected chi connectivity index (χ3v) is 4.44. The lowest BCUT2D eigenvalue weighted by Gasteiger charge is -2.09. The Balaban J connectivity index is 2.20. The van der Waals surface area contributed by atoms with Crippen molar-refractivity contribution in [3.63, 3.8) is 0 Å². The van der Waals surface area contributed by atoms with E-state index in [0.29, 0.717) is 5.25 Å². The van der Waals surface area contributed by atoms with Gasteiger partial charge in [0.25, 0.3) is 0 Å². The van der Waals surface area contributed by atoms with Crippen LogP contribution in [0.15, 0.2) is 66.7 Å². The Labute approximate surface area is 137 Å². The molecule has 2 rings (SSSR count). The Bertz CT molecular complexity index is 615. The van der Waals surface area contributed by atoms with E-state index in [1.165, 1.54) is 0 Å². The Morgan fingerprint density at radius 2 is 1.50 bits per heavy atom. The number of benzene rings is 2. The molecule has 1 nitrogen and oxygen atoms in total. The molecule has 0 aliphatic heterocycles. The first kappa shape index (κ1) is 16.6. The fourth-order valence-electron chi connectivity index (χ4n) is 2.20. The van der Waals surface area contributed by atoms with E-state index in [-0.39, 0.29) is 5.78 Å².